The summed E-state index contributed by atoms with van der Waals surface area (Å²) in [5.74, 6) is -12.7. The zero-order valence-corrected chi connectivity index (χ0v) is 48.0. The van der Waals surface area contributed by atoms with Crippen molar-refractivity contribution in [3.63, 3.8) is 0 Å². The first-order valence-electron chi connectivity index (χ1n) is 27.6. The van der Waals surface area contributed by atoms with E-state index in [1.807, 2.05) is 0 Å². The Morgan fingerprint density at radius 3 is 1.53 bits per heavy atom. The molecule has 78 heavy (non-hydrogen) atoms. The van der Waals surface area contributed by atoms with Crippen LogP contribution in [0.1, 0.15) is 160 Å². The van der Waals surface area contributed by atoms with Crippen LogP contribution in [0.2, 0.25) is 0 Å². The van der Waals surface area contributed by atoms with E-state index in [0.29, 0.717) is 12.8 Å². The molecule has 0 bridgehead atoms. The number of carbonyl (C=O) groups is 11. The van der Waals surface area contributed by atoms with Crippen LogP contribution >= 0.6 is 0 Å². The van der Waals surface area contributed by atoms with Crippen LogP contribution in [0.3, 0.4) is 0 Å². The second-order valence-electron chi connectivity index (χ2n) is 22.3. The van der Waals surface area contributed by atoms with E-state index in [1.54, 1.807) is 55.4 Å². The van der Waals surface area contributed by atoms with E-state index in [0.717, 1.165) is 25.7 Å². The second-order valence-corrected chi connectivity index (χ2v) is 22.3. The third-order valence-electron chi connectivity index (χ3n) is 12.9. The van der Waals surface area contributed by atoms with Crippen molar-refractivity contribution >= 4 is 65.0 Å². The van der Waals surface area contributed by atoms with Gasteiger partial charge in [0.15, 0.2) is 0 Å². The van der Waals surface area contributed by atoms with Crippen molar-refractivity contribution < 1.29 is 72.8 Å². The van der Waals surface area contributed by atoms with E-state index in [1.165, 1.54) is 20.8 Å². The lowest BCUT2D eigenvalue weighted by atomic mass is 9.98. The minimum atomic E-state index is -1.92. The summed E-state index contributed by atoms with van der Waals surface area (Å²) in [5, 5.41) is 53.8. The Kier molecular flexibility index (Phi) is 31.9. The zero-order chi connectivity index (χ0) is 59.6. The maximum absolute atomic E-state index is 14.6. The molecule has 0 unspecified atom stereocenters. The summed E-state index contributed by atoms with van der Waals surface area (Å²) in [6.07, 6.45) is 1.30. The van der Waals surface area contributed by atoms with E-state index >= 15 is 0 Å². The number of esters is 1. The fourth-order valence-corrected chi connectivity index (χ4v) is 8.46. The molecule has 1 heterocycles. The summed E-state index contributed by atoms with van der Waals surface area (Å²) in [6.45, 7) is 18.1. The number of ether oxygens (including phenoxy) is 1. The Labute approximate surface area is 459 Å². The molecule has 0 spiro atoms. The summed E-state index contributed by atoms with van der Waals surface area (Å²) in [7, 11) is 0. The van der Waals surface area contributed by atoms with Crippen LogP contribution in [0.25, 0.3) is 0 Å². The van der Waals surface area contributed by atoms with E-state index in [4.69, 9.17) is 10.5 Å². The van der Waals surface area contributed by atoms with Crippen molar-refractivity contribution in [2.45, 2.75) is 227 Å². The highest BCUT2D eigenvalue weighted by Crippen LogP contribution is 2.16. The number of hydrogen-bond donors (Lipinski definition) is 13. The van der Waals surface area contributed by atoms with Gasteiger partial charge in [-0.15, -0.1) is 0 Å². The van der Waals surface area contributed by atoms with E-state index in [2.05, 4.69) is 54.8 Å². The summed E-state index contributed by atoms with van der Waals surface area (Å²) in [4.78, 5) is 152. The largest absolute Gasteiger partial charge is 0.458 e. The highest BCUT2D eigenvalue weighted by molar-refractivity contribution is 5.99. The molecule has 14 N–H and O–H groups in total. The van der Waals surface area contributed by atoms with Crippen LogP contribution in [-0.2, 0) is 57.5 Å². The predicted octanol–water partition coefficient (Wildman–Crippen LogP) is -0.893. The van der Waals surface area contributed by atoms with Gasteiger partial charge in [-0.25, -0.2) is 4.79 Å². The molecule has 0 radical (unpaired) electrons. The summed E-state index contributed by atoms with van der Waals surface area (Å²) < 4.78 is 5.78. The Morgan fingerprint density at radius 2 is 1.05 bits per heavy atom. The van der Waals surface area contributed by atoms with Gasteiger partial charge in [-0.2, -0.15) is 0 Å². The molecule has 0 saturated carbocycles. The van der Waals surface area contributed by atoms with Crippen molar-refractivity contribution in [1.29, 1.82) is 0 Å². The normalized spacial score (nSPS) is 23.8. The smallest absolute Gasteiger partial charge is 0.329 e. The number of primary amides is 1. The van der Waals surface area contributed by atoms with E-state index in [9.17, 15) is 68.1 Å². The number of rotatable bonds is 26. The van der Waals surface area contributed by atoms with Gasteiger partial charge in [0.05, 0.1) is 25.7 Å². The monoisotopic (exact) mass is 1110 g/mol. The summed E-state index contributed by atoms with van der Waals surface area (Å²) in [5.41, 5.74) is 5.48. The van der Waals surface area contributed by atoms with Crippen LogP contribution in [0.4, 0.5) is 0 Å². The summed E-state index contributed by atoms with van der Waals surface area (Å²) >= 11 is 0. The van der Waals surface area contributed by atoms with Crippen LogP contribution in [0.15, 0.2) is 0 Å². The van der Waals surface area contributed by atoms with E-state index < -0.39 is 170 Å². The number of cyclic esters (lactones) is 1. The molecule has 11 atom stereocenters. The van der Waals surface area contributed by atoms with Gasteiger partial charge in [0.2, 0.25) is 59.1 Å². The number of aliphatic hydroxyl groups excluding tert-OH is 3. The van der Waals surface area contributed by atoms with Crippen molar-refractivity contribution in [2.75, 3.05) is 13.2 Å². The number of unbranched alkanes of at least 4 members (excludes halogenated alkanes) is 4. The van der Waals surface area contributed by atoms with Crippen LogP contribution in [-0.4, -0.2) is 160 Å². The minimum Gasteiger partial charge on any atom is -0.458 e. The van der Waals surface area contributed by atoms with Gasteiger partial charge in [-0.05, 0) is 68.6 Å². The molecule has 0 aromatic heterocycles. The first-order chi connectivity index (χ1) is 36.4. The topological polar surface area (TPSA) is 392 Å². The molecular weight excluding hydrogens is 1020 g/mol. The lowest BCUT2D eigenvalue weighted by Gasteiger charge is -2.32. The number of nitrogens with two attached hydrogens (primary N) is 1. The van der Waals surface area contributed by atoms with Gasteiger partial charge >= 0.3 is 5.97 Å². The number of aliphatic hydroxyl groups is 3. The molecule has 0 aromatic rings. The molecule has 1 rings (SSSR count). The molecule has 1 aliphatic rings. The molecule has 1 aliphatic heterocycles. The lowest BCUT2D eigenvalue weighted by Crippen LogP contribution is -2.63. The number of carbonyl (C=O) groups excluding carboxylic acids is 11. The molecule has 25 nitrogen and oxygen atoms in total. The van der Waals surface area contributed by atoms with Gasteiger partial charge in [0.25, 0.3) is 0 Å². The molecule has 10 amide bonds. The van der Waals surface area contributed by atoms with Gasteiger partial charge in [-0.1, -0.05) is 108 Å². The number of hydrogen-bond acceptors (Lipinski definition) is 15. The second kappa shape index (κ2) is 35.5. The van der Waals surface area contributed by atoms with Gasteiger partial charge in [-0.3, -0.25) is 47.9 Å². The molecule has 25 heteroatoms. The fourth-order valence-electron chi connectivity index (χ4n) is 8.46. The molecule has 446 valence electrons. The molecule has 0 aliphatic carbocycles. The number of amides is 10. The first kappa shape index (κ1) is 70.1. The molecular formula is C53H94N10O15. The quantitative estimate of drug-likeness (QED) is 0.0369. The fraction of sp³-hybridized carbons (Fsp3) is 0.792. The van der Waals surface area contributed by atoms with Crippen molar-refractivity contribution in [2.24, 2.45) is 35.3 Å². The van der Waals surface area contributed by atoms with Crippen LogP contribution in [0, 0.1) is 29.6 Å². The average Bonchev–Trinajstić information content (AvgIpc) is 3.33. The Morgan fingerprint density at radius 1 is 0.577 bits per heavy atom. The highest BCUT2D eigenvalue weighted by Gasteiger charge is 2.40. The Bertz CT molecular complexity index is 2000. The van der Waals surface area contributed by atoms with Crippen molar-refractivity contribution in [3.05, 3.63) is 0 Å². The van der Waals surface area contributed by atoms with Gasteiger partial charge in [0, 0.05) is 6.42 Å². The Balaban J connectivity index is 3.95. The Hall–Kier alpha value is -5.95. The molecule has 1 fully saturated rings. The third kappa shape index (κ3) is 25.7. The van der Waals surface area contributed by atoms with Crippen molar-refractivity contribution in [1.82, 2.24) is 47.9 Å². The van der Waals surface area contributed by atoms with Crippen LogP contribution in [0.5, 0.6) is 0 Å². The summed E-state index contributed by atoms with van der Waals surface area (Å²) in [6, 6.07) is -13.9. The maximum Gasteiger partial charge on any atom is 0.329 e. The maximum atomic E-state index is 14.6. The van der Waals surface area contributed by atoms with Crippen LogP contribution < -0.4 is 53.6 Å². The molecule has 0 aromatic carbocycles. The van der Waals surface area contributed by atoms with Gasteiger partial charge in [0.1, 0.15) is 60.5 Å². The third-order valence-corrected chi connectivity index (χ3v) is 12.9. The van der Waals surface area contributed by atoms with Gasteiger partial charge < -0.3 is 73.6 Å². The lowest BCUT2D eigenvalue weighted by molar-refractivity contribution is -0.157. The van der Waals surface area contributed by atoms with E-state index in [-0.39, 0.29) is 43.4 Å². The average molecular weight is 1110 g/mol. The SMILES string of the molecule is CCCCCCC[C@@H](O)CC(=O)N[C@@H](CC(C)C)C(=O)N[C@H](CCC(N)=O)C(=O)N[C@H]1C(=O)N[C@H](C(C)C)C(=O)N[C@H](CC(C)C)C(=O)N[C@H](CO)C(=O)N[C@@H](CC(C)C)C(=O)N[C@H](CO)C(=O)N[C@@H](C(C)C)C(=O)O[C@@H]1C. The predicted molar refractivity (Wildman–Crippen MR) is 288 cm³/mol. The molecule has 1 saturated heterocycles. The number of nitrogens with one attached hydrogen (secondary N) is 9. The minimum absolute atomic E-state index is 0.00534. The standard InChI is InChI=1S/C53H94N10O15/c1-13-14-15-16-17-18-33(66)24-41(68)55-35(21-27(2)3)46(70)56-34(19-20-40(54)67)45(69)63-44-32(12)78-53(77)43(31(10)11)62-50(74)39(26-65)60-47(71)36(22-28(4)5)57-49(73)38(25-64)59-48(72)37(23-29(6)7)58-51(75)42(30(8)9)61-52(44)76/h27-39,42-44,64-66H,13-26H2,1-12H3,(H2,54,67)(H,55,68)(H,56,70)(H,57,73)(H,58,75)(H,59,72)(H,60,71)(H,61,76)(H,62,74)(H,63,69)/t32-,33-,34-,35+,36+,37-,38-,39-,42-,43+,44-/m1/s1. The first-order valence-corrected chi connectivity index (χ1v) is 27.6. The van der Waals surface area contributed by atoms with Crippen molar-refractivity contribution in [3.8, 4) is 0 Å². The highest BCUT2D eigenvalue weighted by atomic mass is 16.5. The zero-order valence-electron chi connectivity index (χ0n) is 48.0.